The predicted octanol–water partition coefficient (Wildman–Crippen LogP) is 3.62. The van der Waals surface area contributed by atoms with Crippen LogP contribution in [-0.4, -0.2) is 34.8 Å². The van der Waals surface area contributed by atoms with E-state index >= 15 is 0 Å². The molecule has 4 nitrogen and oxygen atoms in total. The van der Waals surface area contributed by atoms with Gasteiger partial charge in [-0.15, -0.1) is 0 Å². The van der Waals surface area contributed by atoms with Gasteiger partial charge in [0, 0.05) is 24.6 Å². The molecule has 1 unspecified atom stereocenters. The van der Waals surface area contributed by atoms with Crippen LogP contribution in [0.4, 0.5) is 4.39 Å². The summed E-state index contributed by atoms with van der Waals surface area (Å²) in [5.74, 6) is -1.35. The zero-order valence-electron chi connectivity index (χ0n) is 13.8. The number of Topliss-reactive ketones (excluding diaryl/α,β-unsaturated/α-hetero) is 1. The van der Waals surface area contributed by atoms with Crippen molar-refractivity contribution in [2.75, 3.05) is 13.1 Å². The number of carbonyl (C=O) groups excluding carboxylic acids is 1. The second kappa shape index (κ2) is 7.57. The van der Waals surface area contributed by atoms with E-state index in [1.165, 1.54) is 24.3 Å². The van der Waals surface area contributed by atoms with Crippen LogP contribution < -0.4 is 0 Å². The predicted molar refractivity (Wildman–Crippen MR) is 92.1 cm³/mol. The summed E-state index contributed by atoms with van der Waals surface area (Å²) in [7, 11) is 0. The molecule has 1 fully saturated rings. The van der Waals surface area contributed by atoms with Crippen LogP contribution in [0.3, 0.4) is 0 Å². The lowest BCUT2D eigenvalue weighted by Gasteiger charge is -2.32. The maximum Gasteiger partial charge on any atom is 0.335 e. The van der Waals surface area contributed by atoms with Gasteiger partial charge >= 0.3 is 5.97 Å². The largest absolute Gasteiger partial charge is 0.478 e. The van der Waals surface area contributed by atoms with E-state index < -0.39 is 5.97 Å². The first-order valence-electron chi connectivity index (χ1n) is 8.37. The Hall–Kier alpha value is -2.53. The van der Waals surface area contributed by atoms with Crippen molar-refractivity contribution in [3.05, 3.63) is 71.0 Å². The molecule has 0 saturated carbocycles. The minimum absolute atomic E-state index is 0.0454. The van der Waals surface area contributed by atoms with E-state index in [4.69, 9.17) is 5.11 Å². The van der Waals surface area contributed by atoms with E-state index in [1.807, 2.05) is 6.07 Å². The first-order valence-corrected chi connectivity index (χ1v) is 8.37. The maximum absolute atomic E-state index is 13.0. The van der Waals surface area contributed by atoms with Crippen molar-refractivity contribution in [3.8, 4) is 0 Å². The van der Waals surface area contributed by atoms with Crippen molar-refractivity contribution in [1.82, 2.24) is 4.90 Å². The van der Waals surface area contributed by atoms with E-state index in [2.05, 4.69) is 4.90 Å². The van der Waals surface area contributed by atoms with E-state index in [1.54, 1.807) is 18.2 Å². The highest BCUT2D eigenvalue weighted by atomic mass is 19.1. The zero-order valence-corrected chi connectivity index (χ0v) is 13.8. The van der Waals surface area contributed by atoms with Crippen LogP contribution in [0.15, 0.2) is 48.5 Å². The molecule has 1 atom stereocenters. The lowest BCUT2D eigenvalue weighted by Crippen LogP contribution is -2.38. The number of nitrogens with zero attached hydrogens (tertiary/aromatic N) is 1. The third-order valence-electron chi connectivity index (χ3n) is 4.59. The van der Waals surface area contributed by atoms with Gasteiger partial charge in [-0.3, -0.25) is 9.69 Å². The number of aromatic carboxylic acids is 1. The van der Waals surface area contributed by atoms with Crippen molar-refractivity contribution in [2.24, 2.45) is 5.92 Å². The number of carboxylic acids is 1. The Bertz CT molecular complexity index is 773. The standard InChI is InChI=1S/C20H20FNO3/c21-18-8-6-15(7-9-18)19(23)17-5-2-10-22(13-17)12-14-3-1-4-16(11-14)20(24)25/h1,3-4,6-9,11,17H,2,5,10,12-13H2,(H,24,25). The molecule has 0 radical (unpaired) electrons. The van der Waals surface area contributed by atoms with Gasteiger partial charge in [-0.05, 0) is 61.3 Å². The van der Waals surface area contributed by atoms with Crippen LogP contribution in [0.1, 0.15) is 39.1 Å². The summed E-state index contributed by atoms with van der Waals surface area (Å²) in [5, 5.41) is 9.09. The van der Waals surface area contributed by atoms with Crippen molar-refractivity contribution < 1.29 is 19.1 Å². The third-order valence-corrected chi connectivity index (χ3v) is 4.59. The van der Waals surface area contributed by atoms with Gasteiger partial charge in [0.1, 0.15) is 5.82 Å². The summed E-state index contributed by atoms with van der Waals surface area (Å²) < 4.78 is 13.0. The second-order valence-corrected chi connectivity index (χ2v) is 6.45. The zero-order chi connectivity index (χ0) is 17.8. The molecule has 0 spiro atoms. The summed E-state index contributed by atoms with van der Waals surface area (Å²) in [6.07, 6.45) is 1.73. The summed E-state index contributed by atoms with van der Waals surface area (Å²) in [5.41, 5.74) is 1.74. The molecule has 1 heterocycles. The van der Waals surface area contributed by atoms with E-state index in [-0.39, 0.29) is 23.1 Å². The molecule has 1 saturated heterocycles. The molecular formula is C20H20FNO3. The molecule has 1 N–H and O–H groups in total. The third kappa shape index (κ3) is 4.31. The molecule has 0 amide bonds. The number of carboxylic acid groups (broad SMARTS) is 1. The minimum atomic E-state index is -0.940. The summed E-state index contributed by atoms with van der Waals surface area (Å²) in [4.78, 5) is 25.9. The molecule has 130 valence electrons. The molecule has 1 aliphatic heterocycles. The van der Waals surface area contributed by atoms with Gasteiger partial charge in [0.05, 0.1) is 5.56 Å². The van der Waals surface area contributed by atoms with Crippen LogP contribution in [0, 0.1) is 11.7 Å². The molecule has 2 aromatic rings. The quantitative estimate of drug-likeness (QED) is 0.844. The van der Waals surface area contributed by atoms with Crippen LogP contribution in [0.5, 0.6) is 0 Å². The van der Waals surface area contributed by atoms with E-state index in [9.17, 15) is 14.0 Å². The van der Waals surface area contributed by atoms with Gasteiger partial charge in [0.15, 0.2) is 5.78 Å². The molecule has 3 rings (SSSR count). The van der Waals surface area contributed by atoms with Gasteiger partial charge in [0.2, 0.25) is 0 Å². The van der Waals surface area contributed by atoms with Gasteiger partial charge in [-0.25, -0.2) is 9.18 Å². The van der Waals surface area contributed by atoms with Crippen molar-refractivity contribution >= 4 is 11.8 Å². The normalized spacial score (nSPS) is 18.0. The first kappa shape index (κ1) is 17.3. The highest BCUT2D eigenvalue weighted by molar-refractivity contribution is 5.98. The number of halogens is 1. The fourth-order valence-corrected chi connectivity index (χ4v) is 3.32. The molecule has 0 bridgehead atoms. The van der Waals surface area contributed by atoms with Crippen molar-refractivity contribution in [3.63, 3.8) is 0 Å². The van der Waals surface area contributed by atoms with Gasteiger partial charge in [-0.1, -0.05) is 12.1 Å². The lowest BCUT2D eigenvalue weighted by atomic mass is 9.90. The first-order chi connectivity index (χ1) is 12.0. The Kier molecular flexibility index (Phi) is 5.24. The molecule has 1 aliphatic rings. The Morgan fingerprint density at radius 3 is 2.60 bits per heavy atom. The maximum atomic E-state index is 13.0. The molecule has 0 aliphatic carbocycles. The number of hydrogen-bond donors (Lipinski definition) is 1. The Balaban J connectivity index is 1.66. The summed E-state index contributed by atoms with van der Waals surface area (Å²) >= 11 is 0. The fraction of sp³-hybridized carbons (Fsp3) is 0.300. The van der Waals surface area contributed by atoms with Crippen molar-refractivity contribution in [1.29, 1.82) is 0 Å². The molecule has 2 aromatic carbocycles. The molecular weight excluding hydrogens is 321 g/mol. The molecule has 25 heavy (non-hydrogen) atoms. The number of ketones is 1. The van der Waals surface area contributed by atoms with E-state index in [0.717, 1.165) is 24.9 Å². The topological polar surface area (TPSA) is 57.6 Å². The Morgan fingerprint density at radius 2 is 1.88 bits per heavy atom. The minimum Gasteiger partial charge on any atom is -0.478 e. The smallest absolute Gasteiger partial charge is 0.335 e. The number of benzene rings is 2. The average molecular weight is 341 g/mol. The SMILES string of the molecule is O=C(O)c1cccc(CN2CCCC(C(=O)c3ccc(F)cc3)C2)c1. The van der Waals surface area contributed by atoms with Crippen molar-refractivity contribution in [2.45, 2.75) is 19.4 Å². The fourth-order valence-electron chi connectivity index (χ4n) is 3.32. The van der Waals surface area contributed by atoms with Crippen LogP contribution in [0.25, 0.3) is 0 Å². The van der Waals surface area contributed by atoms with Gasteiger partial charge < -0.3 is 5.11 Å². The van der Waals surface area contributed by atoms with Gasteiger partial charge in [-0.2, -0.15) is 0 Å². The number of carbonyl (C=O) groups is 2. The van der Waals surface area contributed by atoms with Crippen LogP contribution in [0.2, 0.25) is 0 Å². The number of rotatable bonds is 5. The number of likely N-dealkylation sites (tertiary alicyclic amines) is 1. The highest BCUT2D eigenvalue weighted by Crippen LogP contribution is 2.23. The Labute approximate surface area is 145 Å². The second-order valence-electron chi connectivity index (χ2n) is 6.45. The van der Waals surface area contributed by atoms with Crippen LogP contribution >= 0.6 is 0 Å². The van der Waals surface area contributed by atoms with E-state index in [0.29, 0.717) is 18.7 Å². The monoisotopic (exact) mass is 341 g/mol. The van der Waals surface area contributed by atoms with Crippen LogP contribution in [-0.2, 0) is 6.54 Å². The Morgan fingerprint density at radius 1 is 1.12 bits per heavy atom. The lowest BCUT2D eigenvalue weighted by molar-refractivity contribution is 0.0696. The highest BCUT2D eigenvalue weighted by Gasteiger charge is 2.26. The molecule has 5 heteroatoms. The summed E-state index contributed by atoms with van der Waals surface area (Å²) in [6, 6.07) is 12.6. The average Bonchev–Trinajstić information content (AvgIpc) is 2.62. The molecule has 0 aromatic heterocycles. The summed E-state index contributed by atoms with van der Waals surface area (Å²) in [6.45, 7) is 2.13. The number of hydrogen-bond acceptors (Lipinski definition) is 3. The number of piperidine rings is 1. The van der Waals surface area contributed by atoms with Gasteiger partial charge in [0.25, 0.3) is 0 Å².